The van der Waals surface area contributed by atoms with Gasteiger partial charge in [0.15, 0.2) is 11.6 Å². The molecule has 0 aliphatic carbocycles. The van der Waals surface area contributed by atoms with Gasteiger partial charge in [0, 0.05) is 5.56 Å². The second kappa shape index (κ2) is 3.96. The summed E-state index contributed by atoms with van der Waals surface area (Å²) in [5.41, 5.74) is -1.06. The maximum atomic E-state index is 12.8. The van der Waals surface area contributed by atoms with Crippen LogP contribution in [-0.4, -0.2) is 0 Å². The number of rotatable bonds is 2. The van der Waals surface area contributed by atoms with Crippen molar-refractivity contribution in [3.05, 3.63) is 34.9 Å². The second-order valence-electron chi connectivity index (χ2n) is 2.38. The van der Waals surface area contributed by atoms with Crippen LogP contribution in [0.4, 0.5) is 17.6 Å². The molecule has 0 aromatic heterocycles. The summed E-state index contributed by atoms with van der Waals surface area (Å²) in [6.07, 6.45) is -3.01. The number of halogens is 5. The Kier molecular flexibility index (Phi) is 3.14. The molecular formula is C8H5ClF4. The van der Waals surface area contributed by atoms with E-state index in [0.717, 1.165) is 12.1 Å². The first kappa shape index (κ1) is 10.3. The van der Waals surface area contributed by atoms with E-state index in [9.17, 15) is 17.6 Å². The molecule has 72 valence electrons. The van der Waals surface area contributed by atoms with E-state index in [1.54, 1.807) is 0 Å². The molecule has 0 radical (unpaired) electrons. The standard InChI is InChI=1S/C8H5ClF4/c9-3-4-1-2-5(8(12)13)7(11)6(4)10/h1-2,8H,3H2. The van der Waals surface area contributed by atoms with E-state index in [2.05, 4.69) is 0 Å². The Bertz CT molecular complexity index is 311. The Morgan fingerprint density at radius 2 is 1.77 bits per heavy atom. The molecule has 0 aliphatic rings. The van der Waals surface area contributed by atoms with Crippen LogP contribution in [0.2, 0.25) is 0 Å². The van der Waals surface area contributed by atoms with Crippen molar-refractivity contribution < 1.29 is 17.6 Å². The van der Waals surface area contributed by atoms with Gasteiger partial charge in [-0.05, 0) is 6.07 Å². The van der Waals surface area contributed by atoms with Gasteiger partial charge < -0.3 is 0 Å². The maximum Gasteiger partial charge on any atom is 0.266 e. The van der Waals surface area contributed by atoms with Crippen molar-refractivity contribution in [2.45, 2.75) is 12.3 Å². The first-order valence-corrected chi connectivity index (χ1v) is 3.92. The average molecular weight is 213 g/mol. The lowest BCUT2D eigenvalue weighted by molar-refractivity contribution is 0.145. The highest BCUT2D eigenvalue weighted by atomic mass is 35.5. The van der Waals surface area contributed by atoms with Crippen LogP contribution in [0.3, 0.4) is 0 Å². The summed E-state index contributed by atoms with van der Waals surface area (Å²) < 4.78 is 49.6. The van der Waals surface area contributed by atoms with Gasteiger partial charge in [-0.15, -0.1) is 11.6 Å². The van der Waals surface area contributed by atoms with Gasteiger partial charge in [-0.2, -0.15) is 0 Å². The fraction of sp³-hybridized carbons (Fsp3) is 0.250. The van der Waals surface area contributed by atoms with Crippen molar-refractivity contribution in [3.8, 4) is 0 Å². The van der Waals surface area contributed by atoms with E-state index >= 15 is 0 Å². The molecule has 0 fully saturated rings. The molecule has 1 aromatic rings. The Hall–Kier alpha value is -0.770. The molecule has 1 rings (SSSR count). The molecule has 5 heteroatoms. The molecule has 0 spiro atoms. The average Bonchev–Trinajstić information content (AvgIpc) is 2.09. The molecule has 0 amide bonds. The molecule has 13 heavy (non-hydrogen) atoms. The first-order chi connectivity index (χ1) is 6.07. The predicted octanol–water partition coefficient (Wildman–Crippen LogP) is 3.64. The first-order valence-electron chi connectivity index (χ1n) is 3.38. The largest absolute Gasteiger partial charge is 0.266 e. The molecule has 0 saturated carbocycles. The van der Waals surface area contributed by atoms with E-state index in [0.29, 0.717) is 0 Å². The summed E-state index contributed by atoms with van der Waals surface area (Å²) in [5.74, 6) is -3.06. The number of hydrogen-bond acceptors (Lipinski definition) is 0. The normalized spacial score (nSPS) is 10.9. The molecule has 0 nitrogen and oxygen atoms in total. The zero-order chi connectivity index (χ0) is 10.0. The number of alkyl halides is 3. The molecule has 0 saturated heterocycles. The summed E-state index contributed by atoms with van der Waals surface area (Å²) in [7, 11) is 0. The third-order valence-electron chi connectivity index (χ3n) is 1.57. The zero-order valence-corrected chi connectivity index (χ0v) is 7.08. The van der Waals surface area contributed by atoms with Gasteiger partial charge in [-0.25, -0.2) is 17.6 Å². The van der Waals surface area contributed by atoms with E-state index in [1.807, 2.05) is 0 Å². The van der Waals surface area contributed by atoms with Crippen LogP contribution in [0.25, 0.3) is 0 Å². The second-order valence-corrected chi connectivity index (χ2v) is 2.64. The van der Waals surface area contributed by atoms with E-state index in [4.69, 9.17) is 11.6 Å². The van der Waals surface area contributed by atoms with Gasteiger partial charge in [0.1, 0.15) is 0 Å². The van der Waals surface area contributed by atoms with Crippen molar-refractivity contribution in [2.75, 3.05) is 0 Å². The van der Waals surface area contributed by atoms with Gasteiger partial charge >= 0.3 is 0 Å². The van der Waals surface area contributed by atoms with Crippen molar-refractivity contribution in [1.82, 2.24) is 0 Å². The highest BCUT2D eigenvalue weighted by Gasteiger charge is 2.18. The van der Waals surface area contributed by atoms with Crippen molar-refractivity contribution in [3.63, 3.8) is 0 Å². The Balaban J connectivity index is 3.23. The highest BCUT2D eigenvalue weighted by molar-refractivity contribution is 6.17. The summed E-state index contributed by atoms with van der Waals surface area (Å²) in [4.78, 5) is 0. The molecule has 1 aromatic carbocycles. The number of benzene rings is 1. The molecule has 0 heterocycles. The summed E-state index contributed by atoms with van der Waals surface area (Å²) >= 11 is 5.24. The zero-order valence-electron chi connectivity index (χ0n) is 6.33. The van der Waals surface area contributed by atoms with Gasteiger partial charge in [-0.3, -0.25) is 0 Å². The minimum atomic E-state index is -3.01. The summed E-state index contributed by atoms with van der Waals surface area (Å²) in [5, 5.41) is 0. The number of hydrogen-bond donors (Lipinski definition) is 0. The fourth-order valence-electron chi connectivity index (χ4n) is 0.876. The molecule has 0 aliphatic heterocycles. The SMILES string of the molecule is Fc1c(CCl)ccc(C(F)F)c1F. The van der Waals surface area contributed by atoms with E-state index < -0.39 is 23.6 Å². The van der Waals surface area contributed by atoms with Gasteiger partial charge in [0.05, 0.1) is 11.4 Å². The summed E-state index contributed by atoms with van der Waals surface area (Å²) in [6.45, 7) is 0. The lowest BCUT2D eigenvalue weighted by Crippen LogP contribution is -1.98. The molecular weight excluding hydrogens is 208 g/mol. The predicted molar refractivity (Wildman–Crippen MR) is 40.9 cm³/mol. The highest BCUT2D eigenvalue weighted by Crippen LogP contribution is 2.25. The quantitative estimate of drug-likeness (QED) is 0.519. The van der Waals surface area contributed by atoms with Crippen LogP contribution in [0.5, 0.6) is 0 Å². The molecule has 0 atom stereocenters. The van der Waals surface area contributed by atoms with Crippen molar-refractivity contribution in [1.29, 1.82) is 0 Å². The third-order valence-corrected chi connectivity index (χ3v) is 1.86. The van der Waals surface area contributed by atoms with E-state index in [1.165, 1.54) is 0 Å². The smallest absolute Gasteiger partial charge is 0.205 e. The monoisotopic (exact) mass is 212 g/mol. The third kappa shape index (κ3) is 1.94. The summed E-state index contributed by atoms with van der Waals surface area (Å²) in [6, 6.07) is 1.88. The van der Waals surface area contributed by atoms with Crippen LogP contribution < -0.4 is 0 Å². The van der Waals surface area contributed by atoms with Gasteiger partial charge in [0.25, 0.3) is 6.43 Å². The topological polar surface area (TPSA) is 0 Å². The van der Waals surface area contributed by atoms with Crippen LogP contribution in [0.15, 0.2) is 12.1 Å². The molecule has 0 N–H and O–H groups in total. The van der Waals surface area contributed by atoms with Crippen LogP contribution in [-0.2, 0) is 5.88 Å². The Morgan fingerprint density at radius 3 is 2.23 bits per heavy atom. The lowest BCUT2D eigenvalue weighted by atomic mass is 10.1. The van der Waals surface area contributed by atoms with Gasteiger partial charge in [0.2, 0.25) is 0 Å². The lowest BCUT2D eigenvalue weighted by Gasteiger charge is -2.04. The van der Waals surface area contributed by atoms with Crippen LogP contribution in [0.1, 0.15) is 17.6 Å². The fourth-order valence-corrected chi connectivity index (χ4v) is 1.08. The maximum absolute atomic E-state index is 12.8. The van der Waals surface area contributed by atoms with Gasteiger partial charge in [-0.1, -0.05) is 6.07 Å². The van der Waals surface area contributed by atoms with Crippen molar-refractivity contribution >= 4 is 11.6 Å². The van der Waals surface area contributed by atoms with Crippen LogP contribution in [0, 0.1) is 11.6 Å². The Labute approximate surface area is 77.1 Å². The molecule has 0 bridgehead atoms. The van der Waals surface area contributed by atoms with E-state index in [-0.39, 0.29) is 11.4 Å². The minimum Gasteiger partial charge on any atom is -0.205 e. The Morgan fingerprint density at radius 1 is 1.15 bits per heavy atom. The van der Waals surface area contributed by atoms with Crippen LogP contribution >= 0.6 is 11.6 Å². The molecule has 0 unspecified atom stereocenters. The minimum absolute atomic E-state index is 0.122. The van der Waals surface area contributed by atoms with Crippen molar-refractivity contribution in [2.24, 2.45) is 0 Å².